The molecule has 1 atom stereocenters. The molecule has 1 aromatic carbocycles. The van der Waals surface area contributed by atoms with E-state index >= 15 is 0 Å². The van der Waals surface area contributed by atoms with Crippen molar-refractivity contribution in [1.29, 1.82) is 0 Å². The summed E-state index contributed by atoms with van der Waals surface area (Å²) in [6, 6.07) is 3.35. The number of sulfone groups is 1. The molecule has 112 valence electrons. The van der Waals surface area contributed by atoms with Gasteiger partial charge in [0.25, 0.3) is 0 Å². The lowest BCUT2D eigenvalue weighted by atomic mass is 10.1. The standard InChI is InChI=1S/C13H14N2O5S/c1-8-3-2-4-10(12(16)17)11(8)15-13(18)14-9-5-6-21(19,20)7-9/h2-6,9H,7H2,1H3,(H,16,17)(H2,14,15,18). The molecule has 0 radical (unpaired) electrons. The molecule has 8 heteroatoms. The highest BCUT2D eigenvalue weighted by atomic mass is 32.2. The van der Waals surface area contributed by atoms with Gasteiger partial charge in [-0.3, -0.25) is 0 Å². The number of rotatable bonds is 3. The number of hydrogen-bond acceptors (Lipinski definition) is 4. The lowest BCUT2D eigenvalue weighted by Crippen LogP contribution is -2.38. The summed E-state index contributed by atoms with van der Waals surface area (Å²) < 4.78 is 22.5. The van der Waals surface area contributed by atoms with Crippen molar-refractivity contribution in [3.05, 3.63) is 40.8 Å². The van der Waals surface area contributed by atoms with Crippen molar-refractivity contribution in [2.45, 2.75) is 13.0 Å². The average Bonchev–Trinajstić information content (AvgIpc) is 2.70. The summed E-state index contributed by atoms with van der Waals surface area (Å²) in [5, 5.41) is 15.1. The number of carbonyl (C=O) groups excluding carboxylic acids is 1. The molecule has 21 heavy (non-hydrogen) atoms. The minimum atomic E-state index is -3.26. The van der Waals surface area contributed by atoms with Crippen molar-refractivity contribution in [3.63, 3.8) is 0 Å². The van der Waals surface area contributed by atoms with E-state index in [2.05, 4.69) is 10.6 Å². The summed E-state index contributed by atoms with van der Waals surface area (Å²) in [5.41, 5.74) is 0.756. The number of amides is 2. The summed E-state index contributed by atoms with van der Waals surface area (Å²) in [5.74, 6) is -1.35. The van der Waals surface area contributed by atoms with Crippen molar-refractivity contribution < 1.29 is 23.1 Å². The molecule has 0 fully saturated rings. The third kappa shape index (κ3) is 3.60. The Morgan fingerprint density at radius 2 is 2.05 bits per heavy atom. The summed E-state index contributed by atoms with van der Waals surface area (Å²) >= 11 is 0. The van der Waals surface area contributed by atoms with Crippen molar-refractivity contribution in [2.75, 3.05) is 11.1 Å². The minimum Gasteiger partial charge on any atom is -0.478 e. The Kier molecular flexibility index (Phi) is 3.99. The second kappa shape index (κ2) is 5.57. The zero-order chi connectivity index (χ0) is 15.6. The Bertz CT molecular complexity index is 724. The van der Waals surface area contributed by atoms with E-state index in [9.17, 15) is 18.0 Å². The number of carboxylic acids is 1. The third-order valence-electron chi connectivity index (χ3n) is 2.99. The number of carbonyl (C=O) groups is 2. The molecule has 1 aliphatic rings. The maximum atomic E-state index is 11.9. The van der Waals surface area contributed by atoms with Crippen LogP contribution in [0.25, 0.3) is 0 Å². The fourth-order valence-corrected chi connectivity index (χ4v) is 3.23. The van der Waals surface area contributed by atoms with E-state index in [1.54, 1.807) is 19.1 Å². The first-order chi connectivity index (χ1) is 9.78. The highest BCUT2D eigenvalue weighted by Gasteiger charge is 2.23. The number of urea groups is 1. The van der Waals surface area contributed by atoms with Gasteiger partial charge in [-0.05, 0) is 24.6 Å². The number of para-hydroxylation sites is 1. The van der Waals surface area contributed by atoms with Crippen LogP contribution in [0.2, 0.25) is 0 Å². The maximum absolute atomic E-state index is 11.9. The summed E-state index contributed by atoms with van der Waals surface area (Å²) in [4.78, 5) is 23.0. The number of carboxylic acid groups (broad SMARTS) is 1. The Hall–Kier alpha value is -2.35. The fourth-order valence-electron chi connectivity index (χ4n) is 2.00. The Balaban J connectivity index is 2.11. The zero-order valence-electron chi connectivity index (χ0n) is 11.2. The van der Waals surface area contributed by atoms with Gasteiger partial charge in [0, 0.05) is 5.41 Å². The van der Waals surface area contributed by atoms with Gasteiger partial charge >= 0.3 is 12.0 Å². The monoisotopic (exact) mass is 310 g/mol. The molecule has 1 heterocycles. The van der Waals surface area contributed by atoms with Gasteiger partial charge in [0.1, 0.15) is 0 Å². The van der Waals surface area contributed by atoms with Gasteiger partial charge in [0.15, 0.2) is 9.84 Å². The maximum Gasteiger partial charge on any atom is 0.337 e. The lowest BCUT2D eigenvalue weighted by molar-refractivity contribution is 0.0698. The second-order valence-corrected chi connectivity index (χ2v) is 6.60. The number of aromatic carboxylic acids is 1. The van der Waals surface area contributed by atoms with Gasteiger partial charge in [-0.25, -0.2) is 18.0 Å². The van der Waals surface area contributed by atoms with Crippen LogP contribution in [-0.4, -0.2) is 37.3 Å². The number of benzene rings is 1. The van der Waals surface area contributed by atoms with Crippen LogP contribution in [0.15, 0.2) is 29.7 Å². The van der Waals surface area contributed by atoms with Crippen LogP contribution in [0.5, 0.6) is 0 Å². The highest BCUT2D eigenvalue weighted by molar-refractivity contribution is 7.94. The Labute approximate surface area is 121 Å². The molecule has 0 aromatic heterocycles. The van der Waals surface area contributed by atoms with Gasteiger partial charge < -0.3 is 15.7 Å². The fraction of sp³-hybridized carbons (Fsp3) is 0.231. The number of nitrogens with one attached hydrogen (secondary N) is 2. The molecule has 0 saturated carbocycles. The SMILES string of the molecule is Cc1cccc(C(=O)O)c1NC(=O)NC1C=CS(=O)(=O)C1. The van der Waals surface area contributed by atoms with Crippen LogP contribution in [0, 0.1) is 6.92 Å². The zero-order valence-corrected chi connectivity index (χ0v) is 12.0. The summed E-state index contributed by atoms with van der Waals surface area (Å²) in [6.45, 7) is 1.67. The van der Waals surface area contributed by atoms with Crippen molar-refractivity contribution in [2.24, 2.45) is 0 Å². The summed E-state index contributed by atoms with van der Waals surface area (Å²) in [7, 11) is -3.26. The van der Waals surface area contributed by atoms with E-state index in [1.807, 2.05) is 0 Å². The lowest BCUT2D eigenvalue weighted by Gasteiger charge is -2.14. The molecule has 0 aliphatic carbocycles. The largest absolute Gasteiger partial charge is 0.478 e. The van der Waals surface area contributed by atoms with E-state index in [4.69, 9.17) is 5.11 Å². The van der Waals surface area contributed by atoms with E-state index in [0.29, 0.717) is 5.56 Å². The molecule has 1 unspecified atom stereocenters. The van der Waals surface area contributed by atoms with Crippen LogP contribution in [-0.2, 0) is 9.84 Å². The third-order valence-corrected chi connectivity index (χ3v) is 4.38. The number of anilines is 1. The first-order valence-corrected chi connectivity index (χ1v) is 7.81. The molecular weight excluding hydrogens is 296 g/mol. The molecule has 0 saturated heterocycles. The van der Waals surface area contributed by atoms with Crippen LogP contribution < -0.4 is 10.6 Å². The van der Waals surface area contributed by atoms with Crippen LogP contribution in [0.1, 0.15) is 15.9 Å². The van der Waals surface area contributed by atoms with E-state index in [0.717, 1.165) is 5.41 Å². The molecule has 0 bridgehead atoms. The first kappa shape index (κ1) is 15.0. The van der Waals surface area contributed by atoms with Crippen LogP contribution in [0.4, 0.5) is 10.5 Å². The quantitative estimate of drug-likeness (QED) is 0.774. The normalized spacial score (nSPS) is 19.2. The smallest absolute Gasteiger partial charge is 0.337 e. The van der Waals surface area contributed by atoms with Gasteiger partial charge in [0.2, 0.25) is 0 Å². The molecule has 0 spiro atoms. The number of aryl methyl sites for hydroxylation is 1. The molecule has 3 N–H and O–H groups in total. The van der Waals surface area contributed by atoms with E-state index in [1.165, 1.54) is 12.1 Å². The van der Waals surface area contributed by atoms with Gasteiger partial charge in [-0.15, -0.1) is 0 Å². The molecule has 1 aliphatic heterocycles. The molecule has 2 amide bonds. The topological polar surface area (TPSA) is 113 Å². The van der Waals surface area contributed by atoms with Crippen molar-refractivity contribution >= 4 is 27.5 Å². The molecule has 2 rings (SSSR count). The van der Waals surface area contributed by atoms with Crippen LogP contribution in [0.3, 0.4) is 0 Å². The minimum absolute atomic E-state index is 0.0280. The molecule has 7 nitrogen and oxygen atoms in total. The van der Waals surface area contributed by atoms with Gasteiger partial charge in [0.05, 0.1) is 23.0 Å². The van der Waals surface area contributed by atoms with Crippen LogP contribution >= 0.6 is 0 Å². The molecular formula is C13H14N2O5S. The van der Waals surface area contributed by atoms with Crippen molar-refractivity contribution in [1.82, 2.24) is 5.32 Å². The number of hydrogen-bond donors (Lipinski definition) is 3. The molecule has 1 aromatic rings. The Morgan fingerprint density at radius 3 is 2.62 bits per heavy atom. The van der Waals surface area contributed by atoms with E-state index < -0.39 is 27.9 Å². The predicted octanol–water partition coefficient (Wildman–Crippen LogP) is 1.13. The van der Waals surface area contributed by atoms with Gasteiger partial charge in [-0.1, -0.05) is 12.1 Å². The van der Waals surface area contributed by atoms with Crippen molar-refractivity contribution in [3.8, 4) is 0 Å². The van der Waals surface area contributed by atoms with Gasteiger partial charge in [-0.2, -0.15) is 0 Å². The second-order valence-electron chi connectivity index (χ2n) is 4.67. The summed E-state index contributed by atoms with van der Waals surface area (Å²) in [6.07, 6.45) is 1.38. The predicted molar refractivity (Wildman–Crippen MR) is 77.0 cm³/mol. The highest BCUT2D eigenvalue weighted by Crippen LogP contribution is 2.20. The van der Waals surface area contributed by atoms with E-state index in [-0.39, 0.29) is 17.0 Å². The first-order valence-electron chi connectivity index (χ1n) is 6.10. The Morgan fingerprint density at radius 1 is 1.33 bits per heavy atom. The average molecular weight is 310 g/mol.